The van der Waals surface area contributed by atoms with Gasteiger partial charge in [0.05, 0.1) is 12.4 Å². The van der Waals surface area contributed by atoms with Crippen LogP contribution in [0.15, 0.2) is 12.4 Å². The van der Waals surface area contributed by atoms with E-state index in [4.69, 9.17) is 0 Å². The van der Waals surface area contributed by atoms with Crippen LogP contribution in [0, 0.1) is 6.92 Å². The molecule has 0 spiro atoms. The fourth-order valence-electron chi connectivity index (χ4n) is 0.844. The summed E-state index contributed by atoms with van der Waals surface area (Å²) in [6.45, 7) is 6.52. The van der Waals surface area contributed by atoms with Crippen molar-refractivity contribution in [1.82, 2.24) is 10.2 Å². The summed E-state index contributed by atoms with van der Waals surface area (Å²) in [7, 11) is -0.0189. The lowest BCUT2D eigenvalue weighted by molar-refractivity contribution is 1.03. The van der Waals surface area contributed by atoms with Crippen LogP contribution in [-0.2, 0) is 0 Å². The average molecular weight is 154 g/mol. The van der Waals surface area contributed by atoms with Crippen LogP contribution >= 0.6 is 7.92 Å². The van der Waals surface area contributed by atoms with E-state index in [9.17, 15) is 0 Å². The van der Waals surface area contributed by atoms with Crippen LogP contribution in [0.25, 0.3) is 0 Å². The second kappa shape index (κ2) is 3.07. The van der Waals surface area contributed by atoms with Crippen molar-refractivity contribution in [2.24, 2.45) is 0 Å². The maximum absolute atomic E-state index is 3.83. The molecule has 54 valence electrons. The second-order valence-corrected chi connectivity index (χ2v) is 4.72. The minimum absolute atomic E-state index is 0.0189. The molecular formula is C7H11N2P. The first-order chi connectivity index (χ1) is 4.72. The first-order valence-electron chi connectivity index (χ1n) is 3.16. The summed E-state index contributed by atoms with van der Waals surface area (Å²) in [5, 5.41) is 8.97. The first kappa shape index (κ1) is 7.62. The predicted octanol–water partition coefficient (Wildman–Crippen LogP) is 1.15. The molecule has 0 aliphatic carbocycles. The zero-order valence-electron chi connectivity index (χ0n) is 6.50. The molecule has 0 aromatic carbocycles. The Morgan fingerprint density at radius 1 is 1.20 bits per heavy atom. The smallest absolute Gasteiger partial charge is 0.0575 e. The molecule has 0 unspecified atom stereocenters. The topological polar surface area (TPSA) is 25.8 Å². The van der Waals surface area contributed by atoms with Crippen LogP contribution in [0.2, 0.25) is 0 Å². The largest absolute Gasteiger partial charge is 0.159 e. The zero-order valence-corrected chi connectivity index (χ0v) is 7.39. The maximum atomic E-state index is 3.83. The highest BCUT2D eigenvalue weighted by atomic mass is 31.1. The van der Waals surface area contributed by atoms with Crippen LogP contribution in [-0.4, -0.2) is 23.5 Å². The fraction of sp³-hybridized carbons (Fsp3) is 0.429. The Hall–Kier alpha value is -0.490. The molecule has 0 bridgehead atoms. The number of rotatable bonds is 1. The highest BCUT2D eigenvalue weighted by molar-refractivity contribution is 7.64. The molecule has 1 aromatic heterocycles. The van der Waals surface area contributed by atoms with Gasteiger partial charge < -0.3 is 0 Å². The second-order valence-electron chi connectivity index (χ2n) is 2.45. The maximum Gasteiger partial charge on any atom is 0.0575 e. The predicted molar refractivity (Wildman–Crippen MR) is 45.2 cm³/mol. The van der Waals surface area contributed by atoms with Gasteiger partial charge in [-0.3, -0.25) is 0 Å². The van der Waals surface area contributed by atoms with E-state index in [2.05, 4.69) is 30.5 Å². The van der Waals surface area contributed by atoms with Gasteiger partial charge in [0.15, 0.2) is 0 Å². The lowest BCUT2D eigenvalue weighted by Crippen LogP contribution is -2.05. The molecule has 0 saturated carbocycles. The lowest BCUT2D eigenvalue weighted by atomic mass is 10.4. The van der Waals surface area contributed by atoms with Crippen LogP contribution < -0.4 is 5.30 Å². The van der Waals surface area contributed by atoms with E-state index in [1.807, 2.05) is 12.4 Å². The van der Waals surface area contributed by atoms with Crippen molar-refractivity contribution in [2.45, 2.75) is 6.92 Å². The normalized spacial score (nSPS) is 10.4. The van der Waals surface area contributed by atoms with Gasteiger partial charge in [-0.05, 0) is 25.8 Å². The van der Waals surface area contributed by atoms with Crippen molar-refractivity contribution >= 4 is 13.2 Å². The summed E-state index contributed by atoms with van der Waals surface area (Å²) in [5.41, 5.74) is 1.26. The fourth-order valence-corrected chi connectivity index (χ4v) is 1.89. The number of hydrogen-bond acceptors (Lipinski definition) is 2. The summed E-state index contributed by atoms with van der Waals surface area (Å²) in [6.07, 6.45) is 3.68. The Balaban J connectivity index is 3.03. The zero-order chi connectivity index (χ0) is 7.56. The molecule has 0 N–H and O–H groups in total. The van der Waals surface area contributed by atoms with Gasteiger partial charge in [0.1, 0.15) is 0 Å². The van der Waals surface area contributed by atoms with E-state index in [1.165, 1.54) is 10.9 Å². The molecule has 3 heteroatoms. The summed E-state index contributed by atoms with van der Waals surface area (Å²) in [4.78, 5) is 0. The summed E-state index contributed by atoms with van der Waals surface area (Å²) in [6, 6.07) is 0. The monoisotopic (exact) mass is 154 g/mol. The van der Waals surface area contributed by atoms with E-state index in [-0.39, 0.29) is 7.92 Å². The third-order valence-electron chi connectivity index (χ3n) is 1.38. The number of hydrogen-bond donors (Lipinski definition) is 0. The molecule has 0 amide bonds. The minimum Gasteiger partial charge on any atom is -0.159 e. The third-order valence-corrected chi connectivity index (χ3v) is 2.82. The van der Waals surface area contributed by atoms with Crippen molar-refractivity contribution < 1.29 is 0 Å². The quantitative estimate of drug-likeness (QED) is 0.567. The van der Waals surface area contributed by atoms with Crippen LogP contribution in [0.1, 0.15) is 5.56 Å². The Morgan fingerprint density at radius 3 is 2.20 bits per heavy atom. The Labute approximate surface area is 62.4 Å². The van der Waals surface area contributed by atoms with Gasteiger partial charge in [-0.15, -0.1) is 0 Å². The summed E-state index contributed by atoms with van der Waals surface area (Å²) >= 11 is 0. The standard InChI is InChI=1S/C7H11N2P/c1-6-4-8-9-5-7(6)10(2)3/h4-5H,1-3H3. The van der Waals surface area contributed by atoms with Gasteiger partial charge in [0, 0.05) is 5.30 Å². The van der Waals surface area contributed by atoms with E-state index in [0.29, 0.717) is 0 Å². The third kappa shape index (κ3) is 1.51. The molecule has 1 heterocycles. The van der Waals surface area contributed by atoms with Crippen LogP contribution in [0.5, 0.6) is 0 Å². The van der Waals surface area contributed by atoms with Crippen molar-refractivity contribution in [3.8, 4) is 0 Å². The molecule has 1 aromatic rings. The van der Waals surface area contributed by atoms with Crippen molar-refractivity contribution in [1.29, 1.82) is 0 Å². The van der Waals surface area contributed by atoms with E-state index in [1.54, 1.807) is 0 Å². The molecule has 1 rings (SSSR count). The SMILES string of the molecule is Cc1cnncc1P(C)C. The minimum atomic E-state index is -0.0189. The molecule has 10 heavy (non-hydrogen) atoms. The van der Waals surface area contributed by atoms with Gasteiger partial charge in [0.2, 0.25) is 0 Å². The Morgan fingerprint density at radius 2 is 1.80 bits per heavy atom. The number of aromatic nitrogens is 2. The van der Waals surface area contributed by atoms with Gasteiger partial charge in [-0.1, -0.05) is 7.92 Å². The van der Waals surface area contributed by atoms with Crippen molar-refractivity contribution in [3.63, 3.8) is 0 Å². The average Bonchev–Trinajstić information content (AvgIpc) is 1.88. The van der Waals surface area contributed by atoms with Gasteiger partial charge in [0.25, 0.3) is 0 Å². The van der Waals surface area contributed by atoms with Crippen LogP contribution in [0.3, 0.4) is 0 Å². The van der Waals surface area contributed by atoms with E-state index in [0.717, 1.165) is 0 Å². The molecule has 0 saturated heterocycles. The van der Waals surface area contributed by atoms with Crippen LogP contribution in [0.4, 0.5) is 0 Å². The molecule has 0 atom stereocenters. The highest BCUT2D eigenvalue weighted by Crippen LogP contribution is 2.23. The number of nitrogens with zero attached hydrogens (tertiary/aromatic N) is 2. The van der Waals surface area contributed by atoms with Gasteiger partial charge in [-0.2, -0.15) is 10.2 Å². The summed E-state index contributed by atoms with van der Waals surface area (Å²) in [5.74, 6) is 0. The molecule has 0 radical (unpaired) electrons. The summed E-state index contributed by atoms with van der Waals surface area (Å²) < 4.78 is 0. The molecule has 2 nitrogen and oxygen atoms in total. The van der Waals surface area contributed by atoms with Crippen molar-refractivity contribution in [2.75, 3.05) is 13.3 Å². The van der Waals surface area contributed by atoms with E-state index < -0.39 is 0 Å². The van der Waals surface area contributed by atoms with Gasteiger partial charge in [-0.25, -0.2) is 0 Å². The van der Waals surface area contributed by atoms with E-state index >= 15 is 0 Å². The van der Waals surface area contributed by atoms with Gasteiger partial charge >= 0.3 is 0 Å². The molecular weight excluding hydrogens is 143 g/mol. The lowest BCUT2D eigenvalue weighted by Gasteiger charge is -2.06. The molecule has 0 aliphatic heterocycles. The molecule has 0 fully saturated rings. The first-order valence-corrected chi connectivity index (χ1v) is 5.40. The number of aryl methyl sites for hydroxylation is 1. The Bertz CT molecular complexity index is 223. The van der Waals surface area contributed by atoms with Crippen molar-refractivity contribution in [3.05, 3.63) is 18.0 Å². The highest BCUT2D eigenvalue weighted by Gasteiger charge is 2.00. The Kier molecular flexibility index (Phi) is 2.34. The molecule has 0 aliphatic rings.